The summed E-state index contributed by atoms with van der Waals surface area (Å²) in [6.45, 7) is 5.30. The van der Waals surface area contributed by atoms with Crippen LogP contribution in [-0.4, -0.2) is 94.4 Å². The number of hydrogen-bond acceptors (Lipinski definition) is 12. The number of amides is 9. The molecule has 4 aliphatic rings. The van der Waals surface area contributed by atoms with Gasteiger partial charge in [-0.1, -0.05) is 67.2 Å². The maximum absolute atomic E-state index is 13.7. The van der Waals surface area contributed by atoms with Gasteiger partial charge in [0.2, 0.25) is 0 Å². The van der Waals surface area contributed by atoms with Crippen LogP contribution in [0.3, 0.4) is 0 Å². The quantitative estimate of drug-likeness (QED) is 0.123. The number of urea groups is 2. The lowest BCUT2D eigenvalue weighted by Gasteiger charge is -2.31. The van der Waals surface area contributed by atoms with Crippen molar-refractivity contribution in [2.45, 2.75) is 65.4 Å². The van der Waals surface area contributed by atoms with E-state index in [0.717, 1.165) is 26.2 Å². The Bertz CT molecular complexity index is 2760. The van der Waals surface area contributed by atoms with Gasteiger partial charge in [0, 0.05) is 45.8 Å². The molecule has 0 bridgehead atoms. The molecule has 67 heavy (non-hydrogen) atoms. The van der Waals surface area contributed by atoms with Crippen LogP contribution in [0.4, 0.5) is 14.4 Å². The van der Waals surface area contributed by atoms with E-state index in [1.54, 1.807) is 106 Å². The van der Waals surface area contributed by atoms with Gasteiger partial charge < -0.3 is 34.6 Å². The molecule has 2 fully saturated rings. The molecule has 0 spiro atoms. The number of carbonyl (C=O) groups is 7. The molecule has 19 heteroatoms. The number of nitrogens with zero attached hydrogens (tertiary/aromatic N) is 4. The van der Waals surface area contributed by atoms with Crippen molar-refractivity contribution >= 4 is 69.1 Å². The SMILES string of the molecule is C.C.COc1ccc2c(c1)CN(CC1(c3ccc(-c4nccs4)cc3)NC(=O)NC1=O)C2=O.COc1ccc2c(c1)CN(CC1(c3ccc(Br)cc3)NC(=O)N(C(=O)OC(C)(C)C)C1=O)C2=O. The highest BCUT2D eigenvalue weighted by atomic mass is 79.9. The van der Waals surface area contributed by atoms with Crippen molar-refractivity contribution in [1.29, 1.82) is 0 Å². The minimum absolute atomic E-state index is 0. The highest BCUT2D eigenvalue weighted by molar-refractivity contribution is 9.10. The average Bonchev–Trinajstić information content (AvgIpc) is 4.09. The highest BCUT2D eigenvalue weighted by Crippen LogP contribution is 2.37. The second-order valence-corrected chi connectivity index (χ2v) is 18.4. The van der Waals surface area contributed by atoms with E-state index in [2.05, 4.69) is 36.9 Å². The molecule has 350 valence electrons. The normalized spacial score (nSPS) is 19.3. The van der Waals surface area contributed by atoms with Gasteiger partial charge in [-0.3, -0.25) is 24.5 Å². The van der Waals surface area contributed by atoms with Crippen molar-refractivity contribution < 1.29 is 47.8 Å². The molecule has 2 unspecified atom stereocenters. The fraction of sp³-hybridized carbons (Fsp3) is 0.292. The predicted molar refractivity (Wildman–Crippen MR) is 252 cm³/mol. The van der Waals surface area contributed by atoms with Crippen LogP contribution in [0.2, 0.25) is 0 Å². The summed E-state index contributed by atoms with van der Waals surface area (Å²) in [4.78, 5) is 98.3. The van der Waals surface area contributed by atoms with Crippen molar-refractivity contribution in [3.63, 3.8) is 0 Å². The monoisotopic (exact) mass is 995 g/mol. The molecular formula is C48H50BrN7O10S. The van der Waals surface area contributed by atoms with Crippen LogP contribution in [0.15, 0.2) is 101 Å². The molecule has 4 aliphatic heterocycles. The first-order valence-electron chi connectivity index (χ1n) is 20.2. The van der Waals surface area contributed by atoms with Gasteiger partial charge in [0.05, 0.1) is 27.3 Å². The summed E-state index contributed by atoms with van der Waals surface area (Å²) in [6.07, 6.45) is 0.654. The number of imide groups is 4. The maximum atomic E-state index is 13.7. The van der Waals surface area contributed by atoms with Crippen molar-refractivity contribution in [3.05, 3.63) is 134 Å². The van der Waals surface area contributed by atoms with Gasteiger partial charge >= 0.3 is 18.2 Å². The van der Waals surface area contributed by atoms with E-state index in [1.165, 1.54) is 23.3 Å². The predicted octanol–water partition coefficient (Wildman–Crippen LogP) is 7.58. The molecule has 17 nitrogen and oxygen atoms in total. The number of thiazole rings is 1. The van der Waals surface area contributed by atoms with Gasteiger partial charge in [-0.15, -0.1) is 11.3 Å². The highest BCUT2D eigenvalue weighted by Gasteiger charge is 2.57. The van der Waals surface area contributed by atoms with E-state index in [1.807, 2.05) is 23.6 Å². The lowest BCUT2D eigenvalue weighted by atomic mass is 9.88. The molecule has 3 N–H and O–H groups in total. The van der Waals surface area contributed by atoms with Crippen LogP contribution in [-0.2, 0) is 38.5 Å². The molecule has 0 aliphatic carbocycles. The van der Waals surface area contributed by atoms with Gasteiger partial charge in [0.1, 0.15) is 22.1 Å². The molecule has 9 rings (SSSR count). The fourth-order valence-corrected chi connectivity index (χ4v) is 9.04. The minimum atomic E-state index is -1.67. The number of ether oxygens (including phenoxy) is 3. The Labute approximate surface area is 399 Å². The largest absolute Gasteiger partial charge is 0.497 e. The standard InChI is InChI=1S/C24H24BrN3O6.C22H18N4O4S.2CH4/c1-23(2,3)34-22(32)28-20(30)24(26-21(28)31,15-5-7-16(25)8-6-15)13-27-12-14-11-17(33-4)9-10-18(14)19(27)29;1-30-16-6-7-17-14(10-16)11-26(19(17)27)12-22(20(28)24-21(29)25-22)15-4-2-13(3-5-15)18-23-8-9-31-18;;/h5-11H,12-13H2,1-4H3,(H,26,31);2-10H,11-12H2,1H3,(H2,24,25,28,29);2*1H4. The molecule has 0 saturated carbocycles. The topological polar surface area (TPSA) is 206 Å². The molecule has 1 aromatic heterocycles. The van der Waals surface area contributed by atoms with Crippen molar-refractivity contribution in [2.24, 2.45) is 0 Å². The molecule has 5 heterocycles. The lowest BCUT2D eigenvalue weighted by molar-refractivity contribution is -0.131. The fourth-order valence-electron chi connectivity index (χ4n) is 8.13. The molecule has 2 saturated heterocycles. The zero-order valence-corrected chi connectivity index (χ0v) is 38.1. The van der Waals surface area contributed by atoms with Gasteiger partial charge in [0.15, 0.2) is 11.1 Å². The number of aromatic nitrogens is 1. The van der Waals surface area contributed by atoms with Crippen LogP contribution >= 0.6 is 27.3 Å². The molecule has 9 amide bonds. The van der Waals surface area contributed by atoms with E-state index in [-0.39, 0.29) is 46.3 Å². The van der Waals surface area contributed by atoms with Crippen molar-refractivity contribution in [1.82, 2.24) is 35.6 Å². The molecule has 4 aromatic carbocycles. The third-order valence-electron chi connectivity index (χ3n) is 11.2. The third-order valence-corrected chi connectivity index (χ3v) is 12.6. The van der Waals surface area contributed by atoms with Crippen LogP contribution in [0.5, 0.6) is 11.5 Å². The van der Waals surface area contributed by atoms with Crippen LogP contribution in [0.1, 0.15) is 78.6 Å². The first kappa shape index (κ1) is 49.3. The molecule has 0 radical (unpaired) electrons. The van der Waals surface area contributed by atoms with Crippen molar-refractivity contribution in [2.75, 3.05) is 27.3 Å². The molecule has 2 atom stereocenters. The average molecular weight is 997 g/mol. The van der Waals surface area contributed by atoms with E-state index >= 15 is 0 Å². The van der Waals surface area contributed by atoms with E-state index < -0.39 is 46.6 Å². The van der Waals surface area contributed by atoms with Crippen LogP contribution < -0.4 is 25.4 Å². The Morgan fingerprint density at radius 1 is 0.746 bits per heavy atom. The maximum Gasteiger partial charge on any atom is 0.425 e. The number of benzene rings is 4. The number of methoxy groups -OCH3 is 2. The van der Waals surface area contributed by atoms with E-state index in [9.17, 15) is 33.6 Å². The smallest absolute Gasteiger partial charge is 0.425 e. The number of rotatable bonds is 9. The Morgan fingerprint density at radius 2 is 1.27 bits per heavy atom. The summed E-state index contributed by atoms with van der Waals surface area (Å²) in [7, 11) is 3.11. The van der Waals surface area contributed by atoms with E-state index in [4.69, 9.17) is 14.2 Å². The first-order valence-corrected chi connectivity index (χ1v) is 21.8. The Balaban J connectivity index is 0.000000215. The van der Waals surface area contributed by atoms with E-state index in [0.29, 0.717) is 45.2 Å². The zero-order chi connectivity index (χ0) is 46.4. The number of fused-ring (bicyclic) bond motifs is 2. The Hall–Kier alpha value is -7.12. The van der Waals surface area contributed by atoms with Gasteiger partial charge in [-0.2, -0.15) is 4.90 Å². The number of hydrogen-bond donors (Lipinski definition) is 3. The third kappa shape index (κ3) is 9.33. The zero-order valence-electron chi connectivity index (χ0n) is 35.7. The summed E-state index contributed by atoms with van der Waals surface area (Å²) in [5.41, 5.74) is 0.615. The minimum Gasteiger partial charge on any atom is -0.497 e. The number of halogens is 1. The summed E-state index contributed by atoms with van der Waals surface area (Å²) < 4.78 is 16.6. The Kier molecular flexibility index (Phi) is 14.0. The summed E-state index contributed by atoms with van der Waals surface area (Å²) in [6, 6.07) is 23.0. The first-order chi connectivity index (χ1) is 30.9. The van der Waals surface area contributed by atoms with Crippen LogP contribution in [0.25, 0.3) is 10.6 Å². The van der Waals surface area contributed by atoms with Gasteiger partial charge in [-0.25, -0.2) is 19.4 Å². The summed E-state index contributed by atoms with van der Waals surface area (Å²) in [5.74, 6) is -0.501. The second kappa shape index (κ2) is 19.0. The second-order valence-electron chi connectivity index (χ2n) is 16.6. The Morgan fingerprint density at radius 3 is 1.75 bits per heavy atom. The van der Waals surface area contributed by atoms with Gasteiger partial charge in [0.25, 0.3) is 23.6 Å². The molecule has 5 aromatic rings. The molecular weight excluding hydrogens is 947 g/mol. The summed E-state index contributed by atoms with van der Waals surface area (Å²) in [5, 5.41) is 10.5. The van der Waals surface area contributed by atoms with Crippen LogP contribution in [0, 0.1) is 0 Å². The number of nitrogens with one attached hydrogen (secondary N) is 3. The summed E-state index contributed by atoms with van der Waals surface area (Å²) >= 11 is 4.88. The number of carbonyl (C=O) groups excluding carboxylic acids is 7. The van der Waals surface area contributed by atoms with Gasteiger partial charge in [-0.05, 0) is 91.6 Å². The van der Waals surface area contributed by atoms with Crippen molar-refractivity contribution in [3.8, 4) is 22.1 Å². The lowest BCUT2D eigenvalue weighted by Crippen LogP contribution is -2.53.